The summed E-state index contributed by atoms with van der Waals surface area (Å²) in [5.74, 6) is 1.61. The van der Waals surface area contributed by atoms with Crippen molar-refractivity contribution in [3.8, 4) is 0 Å². The fourth-order valence-corrected chi connectivity index (χ4v) is 3.79. The van der Waals surface area contributed by atoms with Gasteiger partial charge in [-0.3, -0.25) is 4.79 Å². The molecule has 3 rings (SSSR count). The molecule has 1 amide bonds. The number of nitrogens with one attached hydrogen (secondary N) is 1. The smallest absolute Gasteiger partial charge is 0.222 e. The van der Waals surface area contributed by atoms with Crippen molar-refractivity contribution in [1.82, 2.24) is 9.88 Å². The number of para-hydroxylation sites is 1. The van der Waals surface area contributed by atoms with Gasteiger partial charge in [0.05, 0.1) is 0 Å². The zero-order valence-corrected chi connectivity index (χ0v) is 13.6. The van der Waals surface area contributed by atoms with Crippen LogP contribution < -0.4 is 0 Å². The van der Waals surface area contributed by atoms with Crippen LogP contribution in [0.2, 0.25) is 0 Å². The molecule has 2 heterocycles. The maximum atomic E-state index is 12.4. The Balaban J connectivity index is 1.53. The number of H-pyrrole nitrogens is 1. The molecule has 0 radical (unpaired) electrons. The van der Waals surface area contributed by atoms with Crippen LogP contribution in [0.25, 0.3) is 10.9 Å². The van der Waals surface area contributed by atoms with Crippen molar-refractivity contribution in [3.05, 3.63) is 36.0 Å². The van der Waals surface area contributed by atoms with Crippen LogP contribution >= 0.6 is 0 Å². The van der Waals surface area contributed by atoms with Crippen molar-refractivity contribution in [2.45, 2.75) is 39.5 Å². The van der Waals surface area contributed by atoms with Gasteiger partial charge in [0.1, 0.15) is 0 Å². The molecule has 1 aromatic heterocycles. The van der Waals surface area contributed by atoms with Gasteiger partial charge < -0.3 is 9.88 Å². The number of aromatic amines is 1. The molecule has 1 aliphatic rings. The van der Waals surface area contributed by atoms with Crippen molar-refractivity contribution in [2.24, 2.45) is 11.8 Å². The van der Waals surface area contributed by atoms with Crippen LogP contribution in [0.3, 0.4) is 0 Å². The van der Waals surface area contributed by atoms with Crippen molar-refractivity contribution in [1.29, 1.82) is 0 Å². The van der Waals surface area contributed by atoms with Crippen LogP contribution in [0, 0.1) is 11.8 Å². The topological polar surface area (TPSA) is 36.1 Å². The first-order valence-corrected chi connectivity index (χ1v) is 8.46. The summed E-state index contributed by atoms with van der Waals surface area (Å²) in [6, 6.07) is 8.36. The molecule has 2 unspecified atom stereocenters. The highest BCUT2D eigenvalue weighted by atomic mass is 16.2. The number of carbonyl (C=O) groups excluding carboxylic acids is 1. The highest BCUT2D eigenvalue weighted by molar-refractivity contribution is 5.83. The second-order valence-corrected chi connectivity index (χ2v) is 6.96. The van der Waals surface area contributed by atoms with Crippen LogP contribution in [0.1, 0.15) is 38.7 Å². The van der Waals surface area contributed by atoms with Gasteiger partial charge in [-0.25, -0.2) is 0 Å². The summed E-state index contributed by atoms with van der Waals surface area (Å²) < 4.78 is 0. The Hall–Kier alpha value is -1.77. The predicted molar refractivity (Wildman–Crippen MR) is 90.8 cm³/mol. The van der Waals surface area contributed by atoms with E-state index in [4.69, 9.17) is 0 Å². The van der Waals surface area contributed by atoms with E-state index in [0.29, 0.717) is 24.2 Å². The average Bonchev–Trinajstić information content (AvgIpc) is 2.90. The quantitative estimate of drug-likeness (QED) is 0.910. The minimum absolute atomic E-state index is 0.332. The SMILES string of the molecule is CC1CC(C)CN(C(=O)CCCc2c[nH]c3ccccc23)C1. The van der Waals surface area contributed by atoms with Gasteiger partial charge in [0.15, 0.2) is 0 Å². The van der Waals surface area contributed by atoms with Crippen LogP contribution in [-0.2, 0) is 11.2 Å². The Morgan fingerprint density at radius 2 is 1.95 bits per heavy atom. The number of fused-ring (bicyclic) bond motifs is 1. The molecular formula is C19H26N2O. The standard InChI is InChI=1S/C19H26N2O/c1-14-10-15(2)13-21(12-14)19(22)9-5-6-16-11-20-18-8-4-3-7-17(16)18/h3-4,7-8,11,14-15,20H,5-6,9-10,12-13H2,1-2H3. The number of nitrogens with zero attached hydrogens (tertiary/aromatic N) is 1. The summed E-state index contributed by atoms with van der Waals surface area (Å²) in [6.45, 7) is 6.39. The lowest BCUT2D eigenvalue weighted by Crippen LogP contribution is -2.42. The van der Waals surface area contributed by atoms with E-state index >= 15 is 0 Å². The number of amides is 1. The molecule has 1 aromatic carbocycles. The monoisotopic (exact) mass is 298 g/mol. The number of aryl methyl sites for hydroxylation is 1. The maximum Gasteiger partial charge on any atom is 0.222 e. The number of carbonyl (C=O) groups is 1. The minimum Gasteiger partial charge on any atom is -0.361 e. The summed E-state index contributed by atoms with van der Waals surface area (Å²) in [4.78, 5) is 17.8. The molecule has 1 aliphatic heterocycles. The first-order valence-electron chi connectivity index (χ1n) is 8.46. The molecular weight excluding hydrogens is 272 g/mol. The number of likely N-dealkylation sites (tertiary alicyclic amines) is 1. The Morgan fingerprint density at radius 1 is 1.23 bits per heavy atom. The molecule has 1 fully saturated rings. The van der Waals surface area contributed by atoms with E-state index in [-0.39, 0.29) is 0 Å². The lowest BCUT2D eigenvalue weighted by molar-refractivity contribution is -0.133. The van der Waals surface area contributed by atoms with E-state index in [1.807, 2.05) is 6.07 Å². The van der Waals surface area contributed by atoms with Crippen molar-refractivity contribution in [2.75, 3.05) is 13.1 Å². The number of hydrogen-bond donors (Lipinski definition) is 1. The van der Waals surface area contributed by atoms with Crippen molar-refractivity contribution in [3.63, 3.8) is 0 Å². The Kier molecular flexibility index (Phi) is 4.51. The van der Waals surface area contributed by atoms with Gasteiger partial charge >= 0.3 is 0 Å². The second-order valence-electron chi connectivity index (χ2n) is 6.96. The minimum atomic E-state index is 0.332. The van der Waals surface area contributed by atoms with Crippen LogP contribution in [0.5, 0.6) is 0 Å². The molecule has 2 atom stereocenters. The molecule has 0 bridgehead atoms. The Labute approximate surface area is 132 Å². The lowest BCUT2D eigenvalue weighted by atomic mass is 9.91. The molecule has 0 aliphatic carbocycles. The second kappa shape index (κ2) is 6.55. The number of rotatable bonds is 4. The van der Waals surface area contributed by atoms with Crippen LogP contribution in [0.15, 0.2) is 30.5 Å². The third-order valence-corrected chi connectivity index (χ3v) is 4.73. The summed E-state index contributed by atoms with van der Waals surface area (Å²) >= 11 is 0. The lowest BCUT2D eigenvalue weighted by Gasteiger charge is -2.35. The highest BCUT2D eigenvalue weighted by Gasteiger charge is 2.24. The van der Waals surface area contributed by atoms with Gasteiger partial charge in [0.2, 0.25) is 5.91 Å². The van der Waals surface area contributed by atoms with Gasteiger partial charge in [0.25, 0.3) is 0 Å². The van der Waals surface area contributed by atoms with E-state index in [1.165, 1.54) is 22.9 Å². The van der Waals surface area contributed by atoms with E-state index in [2.05, 4.69) is 48.1 Å². The zero-order chi connectivity index (χ0) is 15.5. The predicted octanol–water partition coefficient (Wildman–Crippen LogP) is 4.00. The first kappa shape index (κ1) is 15.1. The summed E-state index contributed by atoms with van der Waals surface area (Å²) in [5.41, 5.74) is 2.51. The Morgan fingerprint density at radius 3 is 2.73 bits per heavy atom. The summed E-state index contributed by atoms with van der Waals surface area (Å²) in [7, 11) is 0. The maximum absolute atomic E-state index is 12.4. The zero-order valence-electron chi connectivity index (χ0n) is 13.6. The third kappa shape index (κ3) is 3.34. The number of benzene rings is 1. The van der Waals surface area contributed by atoms with Gasteiger partial charge in [-0.15, -0.1) is 0 Å². The van der Waals surface area contributed by atoms with Gasteiger partial charge in [-0.1, -0.05) is 32.0 Å². The van der Waals surface area contributed by atoms with E-state index in [1.54, 1.807) is 0 Å². The molecule has 2 aromatic rings. The molecule has 3 heteroatoms. The van der Waals surface area contributed by atoms with E-state index in [9.17, 15) is 4.79 Å². The molecule has 3 nitrogen and oxygen atoms in total. The van der Waals surface area contributed by atoms with Crippen LogP contribution in [-0.4, -0.2) is 28.9 Å². The number of aromatic nitrogens is 1. The molecule has 0 saturated carbocycles. The average molecular weight is 298 g/mol. The largest absolute Gasteiger partial charge is 0.361 e. The molecule has 118 valence electrons. The van der Waals surface area contributed by atoms with Crippen LogP contribution in [0.4, 0.5) is 0 Å². The molecule has 1 N–H and O–H groups in total. The molecule has 1 saturated heterocycles. The van der Waals surface area contributed by atoms with Gasteiger partial charge in [-0.05, 0) is 42.7 Å². The number of hydrogen-bond acceptors (Lipinski definition) is 1. The first-order chi connectivity index (χ1) is 10.6. The molecule has 0 spiro atoms. The fraction of sp³-hybridized carbons (Fsp3) is 0.526. The highest BCUT2D eigenvalue weighted by Crippen LogP contribution is 2.23. The third-order valence-electron chi connectivity index (χ3n) is 4.73. The van der Waals surface area contributed by atoms with E-state index in [0.717, 1.165) is 25.9 Å². The molecule has 22 heavy (non-hydrogen) atoms. The van der Waals surface area contributed by atoms with Gasteiger partial charge in [-0.2, -0.15) is 0 Å². The van der Waals surface area contributed by atoms with E-state index < -0.39 is 0 Å². The number of piperidine rings is 1. The Bertz CT molecular complexity index is 636. The van der Waals surface area contributed by atoms with Crippen molar-refractivity contribution < 1.29 is 4.79 Å². The van der Waals surface area contributed by atoms with Gasteiger partial charge in [0, 0.05) is 36.6 Å². The fourth-order valence-electron chi connectivity index (χ4n) is 3.79. The summed E-state index contributed by atoms with van der Waals surface area (Å²) in [5, 5.41) is 1.29. The summed E-state index contributed by atoms with van der Waals surface area (Å²) in [6.07, 6.45) is 5.90. The normalized spacial score (nSPS) is 22.2. The van der Waals surface area contributed by atoms with Crippen molar-refractivity contribution >= 4 is 16.8 Å².